The first kappa shape index (κ1) is 11.4. The summed E-state index contributed by atoms with van der Waals surface area (Å²) in [6.07, 6.45) is 0.0219. The summed E-state index contributed by atoms with van der Waals surface area (Å²) in [5.41, 5.74) is 4.86. The number of carbonyl (C=O) groups is 1. The molecule has 72 valence electrons. The average Bonchev–Trinajstić information content (AvgIpc) is 2.03. The van der Waals surface area contributed by atoms with Gasteiger partial charge in [0.25, 0.3) is 0 Å². The molecule has 0 aromatic carbocycles. The van der Waals surface area contributed by atoms with E-state index < -0.39 is 12.0 Å². The van der Waals surface area contributed by atoms with Crippen LogP contribution >= 0.6 is 0 Å². The van der Waals surface area contributed by atoms with Gasteiger partial charge < -0.3 is 16.2 Å². The third-order valence-electron chi connectivity index (χ3n) is 1.86. The number of hydrogen-bond donors (Lipinski definition) is 3. The van der Waals surface area contributed by atoms with Crippen LogP contribution in [0.4, 0.5) is 0 Å². The van der Waals surface area contributed by atoms with Crippen molar-refractivity contribution in [2.45, 2.75) is 26.4 Å². The molecular formula is C8H18N2O2. The van der Waals surface area contributed by atoms with E-state index in [-0.39, 0.29) is 6.54 Å². The molecule has 0 bridgehead atoms. The van der Waals surface area contributed by atoms with Crippen LogP contribution in [0.5, 0.6) is 0 Å². The highest BCUT2D eigenvalue weighted by molar-refractivity contribution is 5.78. The number of aliphatic hydroxyl groups is 1. The molecule has 4 heteroatoms. The standard InChI is InChI=1S/C8H18N2O2/c1-3-6(2)4-10-5-7(11)8(9)12/h6-7,10-11H,3-5H2,1-2H3,(H2,9,12). The maximum atomic E-state index is 10.4. The number of amides is 1. The van der Waals surface area contributed by atoms with Crippen LogP contribution in [0.15, 0.2) is 0 Å². The van der Waals surface area contributed by atoms with Crippen molar-refractivity contribution in [2.75, 3.05) is 13.1 Å². The fourth-order valence-corrected chi connectivity index (χ4v) is 0.711. The molecule has 0 aliphatic carbocycles. The number of nitrogens with two attached hydrogens (primary N) is 1. The summed E-state index contributed by atoms with van der Waals surface area (Å²) in [4.78, 5) is 10.4. The highest BCUT2D eigenvalue weighted by Gasteiger charge is 2.09. The first-order valence-electron chi connectivity index (χ1n) is 4.26. The zero-order valence-electron chi connectivity index (χ0n) is 7.71. The van der Waals surface area contributed by atoms with Crippen LogP contribution in [-0.2, 0) is 4.79 Å². The van der Waals surface area contributed by atoms with Crippen LogP contribution in [0, 0.1) is 5.92 Å². The first-order valence-corrected chi connectivity index (χ1v) is 4.26. The minimum absolute atomic E-state index is 0.250. The minimum atomic E-state index is -1.06. The summed E-state index contributed by atoms with van der Waals surface area (Å²) in [6, 6.07) is 0. The van der Waals surface area contributed by atoms with E-state index >= 15 is 0 Å². The van der Waals surface area contributed by atoms with Gasteiger partial charge in [-0.2, -0.15) is 0 Å². The largest absolute Gasteiger partial charge is 0.382 e. The van der Waals surface area contributed by atoms with E-state index in [4.69, 9.17) is 10.8 Å². The summed E-state index contributed by atoms with van der Waals surface area (Å²) in [5, 5.41) is 11.9. The fraction of sp³-hybridized carbons (Fsp3) is 0.875. The Kier molecular flexibility index (Phi) is 5.66. The van der Waals surface area contributed by atoms with E-state index in [9.17, 15) is 4.79 Å². The lowest BCUT2D eigenvalue weighted by atomic mass is 10.1. The Morgan fingerprint density at radius 2 is 2.17 bits per heavy atom. The maximum absolute atomic E-state index is 10.4. The van der Waals surface area contributed by atoms with E-state index in [1.807, 2.05) is 0 Å². The van der Waals surface area contributed by atoms with Gasteiger partial charge in [0.05, 0.1) is 0 Å². The van der Waals surface area contributed by atoms with Gasteiger partial charge in [-0.05, 0) is 12.5 Å². The monoisotopic (exact) mass is 174 g/mol. The van der Waals surface area contributed by atoms with Crippen LogP contribution in [-0.4, -0.2) is 30.2 Å². The predicted molar refractivity (Wildman–Crippen MR) is 47.5 cm³/mol. The van der Waals surface area contributed by atoms with Gasteiger partial charge in [-0.25, -0.2) is 0 Å². The molecule has 1 amide bonds. The molecule has 2 atom stereocenters. The molecule has 12 heavy (non-hydrogen) atoms. The Morgan fingerprint density at radius 1 is 1.58 bits per heavy atom. The Bertz CT molecular complexity index is 139. The molecule has 0 fully saturated rings. The molecule has 0 saturated carbocycles. The molecule has 0 radical (unpaired) electrons. The van der Waals surface area contributed by atoms with Crippen molar-refractivity contribution in [3.05, 3.63) is 0 Å². The lowest BCUT2D eigenvalue weighted by Crippen LogP contribution is -2.38. The van der Waals surface area contributed by atoms with E-state index in [1.165, 1.54) is 0 Å². The second-order valence-corrected chi connectivity index (χ2v) is 3.09. The van der Waals surface area contributed by atoms with Crippen LogP contribution in [0.3, 0.4) is 0 Å². The molecule has 0 heterocycles. The van der Waals surface area contributed by atoms with Gasteiger partial charge in [0.15, 0.2) is 0 Å². The molecule has 0 aromatic rings. The molecular weight excluding hydrogens is 156 g/mol. The summed E-state index contributed by atoms with van der Waals surface area (Å²) < 4.78 is 0. The Balaban J connectivity index is 3.37. The van der Waals surface area contributed by atoms with Gasteiger partial charge in [-0.3, -0.25) is 4.79 Å². The number of carbonyl (C=O) groups excluding carboxylic acids is 1. The van der Waals surface area contributed by atoms with Gasteiger partial charge in [0.1, 0.15) is 6.10 Å². The number of primary amides is 1. The Morgan fingerprint density at radius 3 is 2.58 bits per heavy atom. The topological polar surface area (TPSA) is 75.3 Å². The highest BCUT2D eigenvalue weighted by atomic mass is 16.3. The molecule has 4 nitrogen and oxygen atoms in total. The van der Waals surface area contributed by atoms with Crippen LogP contribution < -0.4 is 11.1 Å². The average molecular weight is 174 g/mol. The Hall–Kier alpha value is -0.610. The van der Waals surface area contributed by atoms with Gasteiger partial charge in [0.2, 0.25) is 5.91 Å². The van der Waals surface area contributed by atoms with Crippen molar-refractivity contribution in [1.29, 1.82) is 0 Å². The van der Waals surface area contributed by atoms with Gasteiger partial charge in [-0.1, -0.05) is 20.3 Å². The van der Waals surface area contributed by atoms with Crippen molar-refractivity contribution in [3.63, 3.8) is 0 Å². The predicted octanol–water partition coefficient (Wildman–Crippen LogP) is -0.532. The number of nitrogens with one attached hydrogen (secondary N) is 1. The molecule has 0 rings (SSSR count). The summed E-state index contributed by atoms with van der Waals surface area (Å²) >= 11 is 0. The first-order chi connectivity index (χ1) is 5.57. The highest BCUT2D eigenvalue weighted by Crippen LogP contribution is 1.96. The van der Waals surface area contributed by atoms with Crippen LogP contribution in [0.25, 0.3) is 0 Å². The van der Waals surface area contributed by atoms with Crippen LogP contribution in [0.2, 0.25) is 0 Å². The molecule has 0 saturated heterocycles. The third-order valence-corrected chi connectivity index (χ3v) is 1.86. The van der Waals surface area contributed by atoms with Crippen molar-refractivity contribution < 1.29 is 9.90 Å². The Labute approximate surface area is 73.1 Å². The van der Waals surface area contributed by atoms with Crippen molar-refractivity contribution in [2.24, 2.45) is 11.7 Å². The van der Waals surface area contributed by atoms with Crippen molar-refractivity contribution >= 4 is 5.91 Å². The molecule has 0 aliphatic rings. The van der Waals surface area contributed by atoms with Crippen molar-refractivity contribution in [1.82, 2.24) is 5.32 Å². The second-order valence-electron chi connectivity index (χ2n) is 3.09. The fourth-order valence-electron chi connectivity index (χ4n) is 0.711. The van der Waals surface area contributed by atoms with E-state index in [1.54, 1.807) is 0 Å². The molecule has 0 aliphatic heterocycles. The molecule has 0 aromatic heterocycles. The zero-order chi connectivity index (χ0) is 9.56. The van der Waals surface area contributed by atoms with Gasteiger partial charge in [0, 0.05) is 6.54 Å². The summed E-state index contributed by atoms with van der Waals surface area (Å²) in [6.45, 7) is 5.25. The van der Waals surface area contributed by atoms with E-state index in [0.29, 0.717) is 5.92 Å². The number of aliphatic hydroxyl groups excluding tert-OH is 1. The normalized spacial score (nSPS) is 15.6. The zero-order valence-corrected chi connectivity index (χ0v) is 7.71. The summed E-state index contributed by atoms with van der Waals surface area (Å²) in [5.74, 6) is -0.114. The van der Waals surface area contributed by atoms with E-state index in [0.717, 1.165) is 13.0 Å². The smallest absolute Gasteiger partial charge is 0.247 e. The summed E-state index contributed by atoms with van der Waals surface area (Å²) in [7, 11) is 0. The van der Waals surface area contributed by atoms with Crippen LogP contribution in [0.1, 0.15) is 20.3 Å². The van der Waals surface area contributed by atoms with Crippen molar-refractivity contribution in [3.8, 4) is 0 Å². The lowest BCUT2D eigenvalue weighted by Gasteiger charge is -2.11. The third kappa shape index (κ3) is 5.09. The molecule has 4 N–H and O–H groups in total. The van der Waals surface area contributed by atoms with E-state index in [2.05, 4.69) is 19.2 Å². The maximum Gasteiger partial charge on any atom is 0.247 e. The molecule has 0 spiro atoms. The lowest BCUT2D eigenvalue weighted by molar-refractivity contribution is -0.125. The second kappa shape index (κ2) is 5.97. The number of hydrogen-bond acceptors (Lipinski definition) is 3. The van der Waals surface area contributed by atoms with Gasteiger partial charge >= 0.3 is 0 Å². The minimum Gasteiger partial charge on any atom is -0.382 e. The quantitative estimate of drug-likeness (QED) is 0.506. The van der Waals surface area contributed by atoms with Gasteiger partial charge in [-0.15, -0.1) is 0 Å². The molecule has 2 unspecified atom stereocenters. The SMILES string of the molecule is CCC(C)CNCC(O)C(N)=O. The number of rotatable bonds is 6.